The number of ether oxygens (including phenoxy) is 1. The summed E-state index contributed by atoms with van der Waals surface area (Å²) in [6, 6.07) is 12.6. The predicted octanol–water partition coefficient (Wildman–Crippen LogP) is 3.70. The molecule has 0 spiro atoms. The van der Waals surface area contributed by atoms with E-state index in [1.54, 1.807) is 36.4 Å². The average molecular weight is 371 g/mol. The molecule has 0 bridgehead atoms. The molecule has 0 atom stereocenters. The van der Waals surface area contributed by atoms with Gasteiger partial charge in [-0.25, -0.2) is 8.78 Å². The Bertz CT molecular complexity index is 1080. The molecular weight excluding hydrogens is 360 g/mol. The number of amides is 1. The molecule has 4 aromatic rings. The van der Waals surface area contributed by atoms with Gasteiger partial charge < -0.3 is 14.5 Å². The number of anilines is 1. The van der Waals surface area contributed by atoms with E-state index in [0.29, 0.717) is 11.4 Å². The number of nitrogens with one attached hydrogen (secondary N) is 1. The second-order valence-electron chi connectivity index (χ2n) is 5.36. The molecule has 0 radical (unpaired) electrons. The highest BCUT2D eigenvalue weighted by atomic mass is 19.3. The minimum absolute atomic E-state index is 0.0940. The third-order valence-electron chi connectivity index (χ3n) is 3.54. The lowest BCUT2D eigenvalue weighted by Crippen LogP contribution is -2.10. The third-order valence-corrected chi connectivity index (χ3v) is 3.54. The quantitative estimate of drug-likeness (QED) is 0.575. The second kappa shape index (κ2) is 6.83. The smallest absolute Gasteiger partial charge is 0.299 e. The zero-order valence-electron chi connectivity index (χ0n) is 13.5. The molecule has 4 rings (SSSR count). The second-order valence-corrected chi connectivity index (χ2v) is 5.36. The fraction of sp³-hybridized carbons (Fsp3) is 0.0588. The molecule has 3 heterocycles. The molecule has 0 unspecified atom stereocenters. The average Bonchev–Trinajstić information content (AvgIpc) is 3.33. The number of aromatic nitrogens is 4. The number of carbonyl (C=O) groups excluding carboxylic acids is 1. The number of nitrogens with zero attached hydrogens (tertiary/aromatic N) is 4. The molecule has 136 valence electrons. The first-order valence-corrected chi connectivity index (χ1v) is 7.73. The summed E-state index contributed by atoms with van der Waals surface area (Å²) >= 11 is 0. The lowest BCUT2D eigenvalue weighted by molar-refractivity contribution is 0.0996. The summed E-state index contributed by atoms with van der Waals surface area (Å²) in [7, 11) is 0. The summed E-state index contributed by atoms with van der Waals surface area (Å²) in [5, 5.41) is 13.6. The molecule has 3 aromatic heterocycles. The minimum atomic E-state index is -2.81. The van der Waals surface area contributed by atoms with Crippen molar-refractivity contribution in [1.82, 2.24) is 19.8 Å². The van der Waals surface area contributed by atoms with Crippen molar-refractivity contribution in [2.45, 2.75) is 6.43 Å². The monoisotopic (exact) mass is 371 g/mol. The summed E-state index contributed by atoms with van der Waals surface area (Å²) in [6.07, 6.45) is -1.40. The van der Waals surface area contributed by atoms with Gasteiger partial charge in [-0.1, -0.05) is 0 Å². The van der Waals surface area contributed by atoms with E-state index in [9.17, 15) is 13.6 Å². The molecule has 1 amide bonds. The number of rotatable bonds is 5. The fourth-order valence-corrected chi connectivity index (χ4v) is 2.31. The maximum absolute atomic E-state index is 12.9. The van der Waals surface area contributed by atoms with Crippen molar-refractivity contribution in [2.75, 3.05) is 5.32 Å². The number of furan rings is 1. The zero-order chi connectivity index (χ0) is 18.8. The van der Waals surface area contributed by atoms with Gasteiger partial charge in [-0.3, -0.25) is 4.79 Å². The summed E-state index contributed by atoms with van der Waals surface area (Å²) < 4.78 is 37.3. The Morgan fingerprint density at radius 3 is 2.63 bits per heavy atom. The van der Waals surface area contributed by atoms with Gasteiger partial charge in [0, 0.05) is 11.8 Å². The van der Waals surface area contributed by atoms with E-state index in [4.69, 9.17) is 9.15 Å². The van der Waals surface area contributed by atoms with Crippen LogP contribution in [0.2, 0.25) is 0 Å². The van der Waals surface area contributed by atoms with Crippen molar-refractivity contribution in [1.29, 1.82) is 0 Å². The van der Waals surface area contributed by atoms with Crippen molar-refractivity contribution in [3.63, 3.8) is 0 Å². The zero-order valence-corrected chi connectivity index (χ0v) is 13.5. The Morgan fingerprint density at radius 1 is 1.11 bits per heavy atom. The molecule has 0 aliphatic heterocycles. The van der Waals surface area contributed by atoms with Crippen LogP contribution in [-0.4, -0.2) is 25.7 Å². The van der Waals surface area contributed by atoms with Gasteiger partial charge in [0.25, 0.3) is 12.3 Å². The summed E-state index contributed by atoms with van der Waals surface area (Å²) in [5.41, 5.74) is 0.722. The highest BCUT2D eigenvalue weighted by molar-refractivity contribution is 6.02. The number of benzene rings is 1. The van der Waals surface area contributed by atoms with E-state index in [2.05, 4.69) is 20.6 Å². The van der Waals surface area contributed by atoms with Crippen LogP contribution in [0.5, 0.6) is 11.6 Å². The lowest BCUT2D eigenvalue weighted by Gasteiger charge is -2.07. The van der Waals surface area contributed by atoms with Gasteiger partial charge in [0.1, 0.15) is 5.75 Å². The minimum Gasteiger partial charge on any atom is -0.459 e. The van der Waals surface area contributed by atoms with E-state index >= 15 is 0 Å². The van der Waals surface area contributed by atoms with Gasteiger partial charge >= 0.3 is 0 Å². The molecule has 0 saturated heterocycles. The van der Waals surface area contributed by atoms with Crippen molar-refractivity contribution in [3.8, 4) is 11.6 Å². The number of hydrogen-bond acceptors (Lipinski definition) is 6. The van der Waals surface area contributed by atoms with E-state index in [1.807, 2.05) is 0 Å². The SMILES string of the molecule is O=C(Nc1ccc(Oc2ccc3nnc(C(F)F)n3n2)cc1)c1ccco1. The molecule has 0 saturated carbocycles. The number of halogens is 2. The first-order valence-electron chi connectivity index (χ1n) is 7.73. The molecule has 8 nitrogen and oxygen atoms in total. The Kier molecular flexibility index (Phi) is 4.21. The number of carbonyl (C=O) groups is 1. The van der Waals surface area contributed by atoms with Crippen LogP contribution in [0.4, 0.5) is 14.5 Å². The number of alkyl halides is 2. The summed E-state index contributed by atoms with van der Waals surface area (Å²) in [5.74, 6) is -0.253. The van der Waals surface area contributed by atoms with Crippen LogP contribution >= 0.6 is 0 Å². The van der Waals surface area contributed by atoms with Crippen molar-refractivity contribution in [3.05, 3.63) is 66.4 Å². The van der Waals surface area contributed by atoms with Gasteiger partial charge in [0.2, 0.25) is 11.7 Å². The lowest BCUT2D eigenvalue weighted by atomic mass is 10.3. The van der Waals surface area contributed by atoms with E-state index in [-0.39, 0.29) is 23.2 Å². The summed E-state index contributed by atoms with van der Waals surface area (Å²) in [4.78, 5) is 11.9. The van der Waals surface area contributed by atoms with E-state index in [1.165, 1.54) is 18.4 Å². The van der Waals surface area contributed by atoms with E-state index in [0.717, 1.165) is 4.52 Å². The van der Waals surface area contributed by atoms with E-state index < -0.39 is 12.2 Å². The van der Waals surface area contributed by atoms with Crippen LogP contribution in [0.3, 0.4) is 0 Å². The highest BCUT2D eigenvalue weighted by Gasteiger charge is 2.17. The molecule has 0 aliphatic carbocycles. The van der Waals surface area contributed by atoms with Crippen molar-refractivity contribution < 1.29 is 22.7 Å². The number of hydrogen-bond donors (Lipinski definition) is 1. The molecule has 10 heteroatoms. The summed E-state index contributed by atoms with van der Waals surface area (Å²) in [6.45, 7) is 0. The standard InChI is InChI=1S/C17H11F2N5O3/c18-15(19)16-22-21-13-7-8-14(23-24(13)16)27-11-5-3-10(4-6-11)20-17(25)12-2-1-9-26-12/h1-9,15H,(H,20,25). The van der Waals surface area contributed by atoms with Crippen LogP contribution in [0, 0.1) is 0 Å². The van der Waals surface area contributed by atoms with Crippen LogP contribution in [0.1, 0.15) is 22.8 Å². The predicted molar refractivity (Wildman–Crippen MR) is 88.9 cm³/mol. The van der Waals surface area contributed by atoms with Crippen LogP contribution in [0.25, 0.3) is 5.65 Å². The Morgan fingerprint density at radius 2 is 1.93 bits per heavy atom. The Labute approximate surface area is 150 Å². The van der Waals surface area contributed by atoms with Crippen molar-refractivity contribution >= 4 is 17.2 Å². The Balaban J connectivity index is 1.49. The first kappa shape index (κ1) is 16.6. The highest BCUT2D eigenvalue weighted by Crippen LogP contribution is 2.23. The van der Waals surface area contributed by atoms with Crippen molar-refractivity contribution in [2.24, 2.45) is 0 Å². The van der Waals surface area contributed by atoms with Crippen LogP contribution in [-0.2, 0) is 0 Å². The molecule has 1 N–H and O–H groups in total. The maximum atomic E-state index is 12.9. The molecule has 0 fully saturated rings. The Hall–Kier alpha value is -3.82. The van der Waals surface area contributed by atoms with Crippen LogP contribution < -0.4 is 10.1 Å². The normalized spacial score (nSPS) is 11.1. The van der Waals surface area contributed by atoms with Gasteiger partial charge in [0.05, 0.1) is 6.26 Å². The molecular formula is C17H11F2N5O3. The van der Waals surface area contributed by atoms with Gasteiger partial charge in [0.15, 0.2) is 11.4 Å². The molecule has 0 aliphatic rings. The largest absolute Gasteiger partial charge is 0.459 e. The maximum Gasteiger partial charge on any atom is 0.299 e. The van der Waals surface area contributed by atoms with Gasteiger partial charge in [-0.2, -0.15) is 4.52 Å². The number of fused-ring (bicyclic) bond motifs is 1. The molecule has 27 heavy (non-hydrogen) atoms. The van der Waals surface area contributed by atoms with Gasteiger partial charge in [-0.05, 0) is 42.5 Å². The topological polar surface area (TPSA) is 94.5 Å². The van der Waals surface area contributed by atoms with Crippen LogP contribution in [0.15, 0.2) is 59.2 Å². The van der Waals surface area contributed by atoms with Gasteiger partial charge in [-0.15, -0.1) is 15.3 Å². The first-order chi connectivity index (χ1) is 13.1. The fourth-order valence-electron chi connectivity index (χ4n) is 2.31. The molecule has 1 aromatic carbocycles. The third kappa shape index (κ3) is 3.45.